The van der Waals surface area contributed by atoms with Gasteiger partial charge in [-0.3, -0.25) is 19.2 Å². The van der Waals surface area contributed by atoms with Crippen LogP contribution in [0.4, 0.5) is 26.3 Å². The van der Waals surface area contributed by atoms with Gasteiger partial charge in [0.25, 0.3) is 43.9 Å². The average Bonchev–Trinajstić information content (AvgIpc) is 3.33. The number of benzene rings is 2. The summed E-state index contributed by atoms with van der Waals surface area (Å²) < 4.78 is 147. The molecule has 0 aromatic heterocycles. The topological polar surface area (TPSA) is 161 Å². The molecule has 0 saturated heterocycles. The summed E-state index contributed by atoms with van der Waals surface area (Å²) in [6.45, 7) is 3.23. The van der Waals surface area contributed by atoms with E-state index in [9.17, 15) is 62.4 Å². The number of hydrogen-bond acceptors (Lipinski definition) is 10. The van der Waals surface area contributed by atoms with Crippen molar-refractivity contribution in [3.63, 3.8) is 0 Å². The van der Waals surface area contributed by atoms with Crippen LogP contribution in [0.15, 0.2) is 36.4 Å². The minimum Gasteiger partial charge on any atom is -0.266 e. The molecule has 256 valence electrons. The van der Waals surface area contributed by atoms with Crippen LogP contribution in [0.25, 0.3) is 0 Å². The van der Waals surface area contributed by atoms with Gasteiger partial charge in [0.1, 0.15) is 0 Å². The number of halogens is 6. The summed E-state index contributed by atoms with van der Waals surface area (Å²) in [5.41, 5.74) is -11.9. The molecule has 4 rings (SSSR count). The molecule has 4 amide bonds. The molecule has 0 radical (unpaired) electrons. The van der Waals surface area contributed by atoms with Crippen molar-refractivity contribution in [2.75, 3.05) is 11.5 Å². The summed E-state index contributed by atoms with van der Waals surface area (Å²) in [5, 5.41) is -0.573. The second-order valence-corrected chi connectivity index (χ2v) is 13.8. The first-order chi connectivity index (χ1) is 21.6. The van der Waals surface area contributed by atoms with Crippen LogP contribution >= 0.6 is 0 Å². The predicted octanol–water partition coefficient (Wildman–Crippen LogP) is 4.41. The van der Waals surface area contributed by atoms with E-state index in [1.165, 1.54) is 0 Å². The summed E-state index contributed by atoms with van der Waals surface area (Å²) in [7, 11) is -9.12. The molecule has 0 fully saturated rings. The molecule has 0 aliphatic carbocycles. The fraction of sp³-hybridized carbons (Fsp3) is 0.407. The van der Waals surface area contributed by atoms with Gasteiger partial charge >= 0.3 is 12.4 Å². The number of hydrogen-bond donors (Lipinski definition) is 0. The van der Waals surface area contributed by atoms with Gasteiger partial charge in [-0.1, -0.05) is 38.8 Å². The largest absolute Gasteiger partial charge is 0.411 e. The Labute approximate surface area is 263 Å². The molecular formula is C27H24F6N2O10S2. The standard InChI is InChI=1S/C27H24F6N2O10S2/c1-3-5-11-46(40,41)44-34-21(36)17-9-7-15(13-19(17)23(34)38)25(26(28,29)30,27(31,32)33)16-8-10-18-20(14-16)24(39)35(22(18)37)45-47(42,43)12-6-4-2/h7-10,13-14H,3-6,11-12H2,1-2H3. The zero-order valence-electron chi connectivity index (χ0n) is 24.3. The van der Waals surface area contributed by atoms with Gasteiger partial charge in [-0.2, -0.15) is 43.2 Å². The highest BCUT2D eigenvalue weighted by Crippen LogP contribution is 2.57. The van der Waals surface area contributed by atoms with Crippen LogP contribution in [0.1, 0.15) is 92.1 Å². The number of carbonyl (C=O) groups excluding carboxylic acids is 4. The molecule has 12 nitrogen and oxygen atoms in total. The van der Waals surface area contributed by atoms with E-state index in [-0.39, 0.29) is 47.2 Å². The van der Waals surface area contributed by atoms with E-state index in [1.807, 2.05) is 0 Å². The summed E-state index contributed by atoms with van der Waals surface area (Å²) in [6.07, 6.45) is -11.7. The summed E-state index contributed by atoms with van der Waals surface area (Å²) in [4.78, 5) is 51.3. The zero-order valence-corrected chi connectivity index (χ0v) is 25.9. The molecule has 2 aliphatic heterocycles. The quantitative estimate of drug-likeness (QED) is 0.228. The van der Waals surface area contributed by atoms with Crippen molar-refractivity contribution >= 4 is 43.9 Å². The highest BCUT2D eigenvalue weighted by Gasteiger charge is 2.73. The smallest absolute Gasteiger partial charge is 0.266 e. The molecule has 2 aromatic carbocycles. The Bertz CT molecular complexity index is 1740. The first-order valence-electron chi connectivity index (χ1n) is 13.7. The lowest BCUT2D eigenvalue weighted by molar-refractivity contribution is -0.288. The van der Waals surface area contributed by atoms with Crippen molar-refractivity contribution in [2.24, 2.45) is 0 Å². The first kappa shape index (κ1) is 36.0. The van der Waals surface area contributed by atoms with Crippen molar-refractivity contribution < 1.29 is 70.9 Å². The van der Waals surface area contributed by atoms with Gasteiger partial charge in [0.05, 0.1) is 33.8 Å². The Morgan fingerprint density at radius 1 is 0.574 bits per heavy atom. The third-order valence-electron chi connectivity index (χ3n) is 7.29. The lowest BCUT2D eigenvalue weighted by Gasteiger charge is -2.38. The summed E-state index contributed by atoms with van der Waals surface area (Å²) in [6, 6.07) is 1.62. The van der Waals surface area contributed by atoms with Crippen molar-refractivity contribution in [2.45, 2.75) is 57.3 Å². The second kappa shape index (κ2) is 12.3. The Morgan fingerprint density at radius 3 is 1.19 bits per heavy atom. The number of unbranched alkanes of at least 4 members (excludes halogenated alkanes) is 2. The number of amides is 4. The molecule has 2 heterocycles. The molecule has 0 bridgehead atoms. The fourth-order valence-electron chi connectivity index (χ4n) is 4.97. The molecule has 0 atom stereocenters. The van der Waals surface area contributed by atoms with Crippen molar-refractivity contribution in [1.29, 1.82) is 0 Å². The third-order valence-corrected chi connectivity index (χ3v) is 9.62. The second-order valence-electron chi connectivity index (χ2n) is 10.5. The molecule has 2 aliphatic rings. The molecule has 20 heteroatoms. The number of carbonyl (C=O) groups is 4. The van der Waals surface area contributed by atoms with Gasteiger partial charge in [0, 0.05) is 0 Å². The molecule has 0 unspecified atom stereocenters. The zero-order chi connectivity index (χ0) is 35.3. The van der Waals surface area contributed by atoms with Crippen LogP contribution in [0.2, 0.25) is 0 Å². The highest BCUT2D eigenvalue weighted by molar-refractivity contribution is 7.86. The SMILES string of the molecule is CCCCS(=O)(=O)ON1C(=O)c2ccc(C(c3ccc4c(c3)C(=O)N(OS(=O)(=O)CCCC)C4=O)(C(F)(F)F)C(F)(F)F)cc2C1=O. The molecule has 0 N–H and O–H groups in total. The van der Waals surface area contributed by atoms with Crippen molar-refractivity contribution in [1.82, 2.24) is 10.1 Å². The lowest BCUT2D eigenvalue weighted by Crippen LogP contribution is -2.55. The number of alkyl halides is 6. The van der Waals surface area contributed by atoms with Gasteiger partial charge in [-0.05, 0) is 48.2 Å². The van der Waals surface area contributed by atoms with Gasteiger partial charge in [-0.15, -0.1) is 18.7 Å². The Hall–Kier alpha value is -3.88. The maximum atomic E-state index is 14.9. The van der Waals surface area contributed by atoms with Crippen LogP contribution in [-0.2, 0) is 34.2 Å². The number of imide groups is 2. The van der Waals surface area contributed by atoms with Gasteiger partial charge in [-0.25, -0.2) is 0 Å². The Kier molecular flexibility index (Phi) is 9.41. The third kappa shape index (κ3) is 6.25. The highest BCUT2D eigenvalue weighted by atomic mass is 32.2. The maximum Gasteiger partial charge on any atom is 0.411 e. The van der Waals surface area contributed by atoms with Gasteiger partial charge in [0.15, 0.2) is 0 Å². The number of rotatable bonds is 12. The van der Waals surface area contributed by atoms with Crippen LogP contribution in [-0.4, -0.2) is 74.4 Å². The molecular weight excluding hydrogens is 690 g/mol. The number of nitrogens with zero attached hydrogens (tertiary/aromatic N) is 2. The Morgan fingerprint density at radius 2 is 0.894 bits per heavy atom. The monoisotopic (exact) mass is 714 g/mol. The Balaban J connectivity index is 1.84. The van der Waals surface area contributed by atoms with Gasteiger partial charge in [0.2, 0.25) is 5.41 Å². The summed E-state index contributed by atoms with van der Waals surface area (Å²) >= 11 is 0. The normalized spacial score (nSPS) is 15.9. The van der Waals surface area contributed by atoms with E-state index < -0.39 is 107 Å². The van der Waals surface area contributed by atoms with E-state index in [0.29, 0.717) is 25.0 Å². The maximum absolute atomic E-state index is 14.9. The van der Waals surface area contributed by atoms with E-state index in [2.05, 4.69) is 8.57 Å². The van der Waals surface area contributed by atoms with E-state index >= 15 is 0 Å². The van der Waals surface area contributed by atoms with Crippen molar-refractivity contribution in [3.8, 4) is 0 Å². The minimum atomic E-state index is -6.27. The minimum absolute atomic E-state index is 0.0444. The predicted molar refractivity (Wildman–Crippen MR) is 146 cm³/mol. The van der Waals surface area contributed by atoms with Crippen LogP contribution < -0.4 is 0 Å². The first-order valence-corrected chi connectivity index (χ1v) is 16.8. The van der Waals surface area contributed by atoms with Crippen LogP contribution in [0.3, 0.4) is 0 Å². The molecule has 2 aromatic rings. The average molecular weight is 715 g/mol. The van der Waals surface area contributed by atoms with Crippen LogP contribution in [0, 0.1) is 0 Å². The van der Waals surface area contributed by atoms with Crippen molar-refractivity contribution in [3.05, 3.63) is 69.8 Å². The van der Waals surface area contributed by atoms with E-state index in [1.54, 1.807) is 13.8 Å². The van der Waals surface area contributed by atoms with Crippen LogP contribution in [0.5, 0.6) is 0 Å². The van der Waals surface area contributed by atoms with E-state index in [4.69, 9.17) is 0 Å². The van der Waals surface area contributed by atoms with E-state index in [0.717, 1.165) is 0 Å². The number of hydroxylamine groups is 4. The lowest BCUT2D eigenvalue weighted by atomic mass is 9.71. The molecule has 47 heavy (non-hydrogen) atoms. The summed E-state index contributed by atoms with van der Waals surface area (Å²) in [5.74, 6) is -7.54. The van der Waals surface area contributed by atoms with Gasteiger partial charge < -0.3 is 0 Å². The molecule has 0 spiro atoms. The fourth-order valence-corrected chi connectivity index (χ4v) is 7.12. The number of fused-ring (bicyclic) bond motifs is 2. The molecule has 0 saturated carbocycles.